The van der Waals surface area contributed by atoms with Crippen molar-refractivity contribution >= 4 is 50.0 Å². The molecule has 1 amide bonds. The van der Waals surface area contributed by atoms with E-state index in [2.05, 4.69) is 10.3 Å². The molecule has 2 atom stereocenters. The summed E-state index contributed by atoms with van der Waals surface area (Å²) in [5, 5.41) is 4.17. The van der Waals surface area contributed by atoms with E-state index in [0.717, 1.165) is 10.7 Å². The lowest BCUT2D eigenvalue weighted by atomic mass is 10.2. The topological polar surface area (TPSA) is 78.8 Å². The SMILES string of the molecule is Cc1c(Cl)cccc1NC(=O)CSC1=N[C@@H]2CS(=O)(=O)C[C@H]2N1C. The first kappa shape index (κ1) is 17.6. The summed E-state index contributed by atoms with van der Waals surface area (Å²) in [6.07, 6.45) is 0. The number of aliphatic imine (C=N–C) groups is 1. The molecule has 0 unspecified atom stereocenters. The summed E-state index contributed by atoms with van der Waals surface area (Å²) in [4.78, 5) is 18.5. The van der Waals surface area contributed by atoms with Gasteiger partial charge in [0, 0.05) is 17.8 Å². The van der Waals surface area contributed by atoms with E-state index in [0.29, 0.717) is 10.7 Å². The molecule has 0 spiro atoms. The van der Waals surface area contributed by atoms with Gasteiger partial charge < -0.3 is 10.2 Å². The molecule has 0 bridgehead atoms. The highest BCUT2D eigenvalue weighted by Crippen LogP contribution is 2.30. The van der Waals surface area contributed by atoms with Gasteiger partial charge in [0.1, 0.15) is 0 Å². The Hall–Kier alpha value is -1.25. The molecular formula is C15H18ClN3O3S2. The first-order chi connectivity index (χ1) is 11.3. The van der Waals surface area contributed by atoms with Gasteiger partial charge in [-0.3, -0.25) is 9.79 Å². The molecular weight excluding hydrogens is 370 g/mol. The normalized spacial score (nSPS) is 24.6. The largest absolute Gasteiger partial charge is 0.348 e. The third-order valence-corrected chi connectivity index (χ3v) is 7.41. The number of amides is 1. The van der Waals surface area contributed by atoms with Crippen LogP contribution in [0.2, 0.25) is 5.02 Å². The maximum absolute atomic E-state index is 12.1. The zero-order valence-corrected chi connectivity index (χ0v) is 15.7. The number of amidine groups is 1. The number of nitrogens with zero attached hydrogens (tertiary/aromatic N) is 2. The molecule has 0 saturated carbocycles. The van der Waals surface area contributed by atoms with E-state index in [9.17, 15) is 13.2 Å². The number of thioether (sulfide) groups is 1. The Morgan fingerprint density at radius 1 is 1.46 bits per heavy atom. The fourth-order valence-electron chi connectivity index (χ4n) is 2.88. The van der Waals surface area contributed by atoms with Crippen LogP contribution in [-0.2, 0) is 14.6 Å². The molecule has 9 heteroatoms. The Kier molecular flexibility index (Phi) is 4.81. The maximum atomic E-state index is 12.1. The molecule has 24 heavy (non-hydrogen) atoms. The molecule has 1 aromatic rings. The van der Waals surface area contributed by atoms with Crippen molar-refractivity contribution in [1.82, 2.24) is 4.90 Å². The van der Waals surface area contributed by atoms with Gasteiger partial charge in [0.15, 0.2) is 15.0 Å². The second kappa shape index (κ2) is 6.57. The Balaban J connectivity index is 1.58. The zero-order chi connectivity index (χ0) is 17.5. The molecule has 2 aliphatic rings. The zero-order valence-electron chi connectivity index (χ0n) is 13.3. The fourth-order valence-corrected chi connectivity index (χ4v) is 5.85. The first-order valence-electron chi connectivity index (χ1n) is 7.45. The predicted molar refractivity (Wildman–Crippen MR) is 98.7 cm³/mol. The molecule has 3 rings (SSSR count). The van der Waals surface area contributed by atoms with Crippen molar-refractivity contribution in [3.63, 3.8) is 0 Å². The highest BCUT2D eigenvalue weighted by Gasteiger charge is 2.45. The van der Waals surface area contributed by atoms with Gasteiger partial charge in [0.2, 0.25) is 5.91 Å². The number of hydrogen-bond acceptors (Lipinski definition) is 6. The number of fused-ring (bicyclic) bond motifs is 1. The van der Waals surface area contributed by atoms with Crippen molar-refractivity contribution in [2.45, 2.75) is 19.0 Å². The number of sulfone groups is 1. The van der Waals surface area contributed by atoms with Crippen molar-refractivity contribution in [3.05, 3.63) is 28.8 Å². The van der Waals surface area contributed by atoms with E-state index < -0.39 is 9.84 Å². The van der Waals surface area contributed by atoms with Crippen LogP contribution < -0.4 is 5.32 Å². The van der Waals surface area contributed by atoms with Crippen LogP contribution in [0.25, 0.3) is 0 Å². The molecule has 2 heterocycles. The lowest BCUT2D eigenvalue weighted by Gasteiger charge is -2.20. The van der Waals surface area contributed by atoms with E-state index in [1.54, 1.807) is 18.2 Å². The number of likely N-dealkylation sites (N-methyl/N-ethyl adjacent to an activating group) is 1. The van der Waals surface area contributed by atoms with Crippen LogP contribution in [0.1, 0.15) is 5.56 Å². The number of carbonyl (C=O) groups excluding carboxylic acids is 1. The molecule has 1 aromatic carbocycles. The minimum atomic E-state index is -2.99. The Morgan fingerprint density at radius 3 is 2.92 bits per heavy atom. The first-order valence-corrected chi connectivity index (χ1v) is 10.6. The Bertz CT molecular complexity index is 810. The van der Waals surface area contributed by atoms with Gasteiger partial charge >= 0.3 is 0 Å². The van der Waals surface area contributed by atoms with E-state index >= 15 is 0 Å². The van der Waals surface area contributed by atoms with Crippen LogP contribution in [0.3, 0.4) is 0 Å². The summed E-state index contributed by atoms with van der Waals surface area (Å²) in [5.74, 6) is 0.294. The van der Waals surface area contributed by atoms with Crippen LogP contribution >= 0.6 is 23.4 Å². The van der Waals surface area contributed by atoms with Gasteiger partial charge in [0.25, 0.3) is 0 Å². The Morgan fingerprint density at radius 2 is 2.21 bits per heavy atom. The Labute approximate surface area is 150 Å². The van der Waals surface area contributed by atoms with Gasteiger partial charge in [0.05, 0.1) is 29.3 Å². The van der Waals surface area contributed by atoms with Crippen molar-refractivity contribution in [1.29, 1.82) is 0 Å². The van der Waals surface area contributed by atoms with E-state index in [1.165, 1.54) is 11.8 Å². The summed E-state index contributed by atoms with van der Waals surface area (Å²) < 4.78 is 23.3. The third-order valence-electron chi connectivity index (χ3n) is 4.24. The number of halogens is 1. The van der Waals surface area contributed by atoms with Crippen molar-refractivity contribution in [3.8, 4) is 0 Å². The van der Waals surface area contributed by atoms with Crippen LogP contribution in [-0.4, -0.2) is 60.8 Å². The van der Waals surface area contributed by atoms with E-state index in [-0.39, 0.29) is 35.2 Å². The highest BCUT2D eigenvalue weighted by atomic mass is 35.5. The molecule has 130 valence electrons. The van der Waals surface area contributed by atoms with Crippen LogP contribution in [0.4, 0.5) is 5.69 Å². The van der Waals surface area contributed by atoms with Crippen molar-refractivity contribution < 1.29 is 13.2 Å². The summed E-state index contributed by atoms with van der Waals surface area (Å²) in [6, 6.07) is 5.06. The minimum absolute atomic E-state index is 0.0972. The lowest BCUT2D eigenvalue weighted by molar-refractivity contribution is -0.113. The van der Waals surface area contributed by atoms with Gasteiger partial charge in [-0.25, -0.2) is 8.42 Å². The monoisotopic (exact) mass is 387 g/mol. The van der Waals surface area contributed by atoms with Gasteiger partial charge in [-0.05, 0) is 24.6 Å². The molecule has 1 N–H and O–H groups in total. The molecule has 0 aliphatic carbocycles. The van der Waals surface area contributed by atoms with Gasteiger partial charge in [-0.1, -0.05) is 29.4 Å². The molecule has 1 saturated heterocycles. The maximum Gasteiger partial charge on any atom is 0.234 e. The molecule has 6 nitrogen and oxygen atoms in total. The molecule has 1 fully saturated rings. The average Bonchev–Trinajstić information content (AvgIpc) is 2.95. The van der Waals surface area contributed by atoms with Crippen molar-refractivity contribution in [2.24, 2.45) is 4.99 Å². The molecule has 0 aromatic heterocycles. The third kappa shape index (κ3) is 3.55. The minimum Gasteiger partial charge on any atom is -0.348 e. The van der Waals surface area contributed by atoms with Crippen LogP contribution in [0.5, 0.6) is 0 Å². The van der Waals surface area contributed by atoms with Crippen molar-refractivity contribution in [2.75, 3.05) is 29.6 Å². The molecule has 2 aliphatic heterocycles. The summed E-state index contributed by atoms with van der Waals surface area (Å²) in [5.41, 5.74) is 1.52. The number of hydrogen-bond donors (Lipinski definition) is 1. The number of anilines is 1. The summed E-state index contributed by atoms with van der Waals surface area (Å²) in [7, 11) is -1.16. The number of carbonyl (C=O) groups is 1. The summed E-state index contributed by atoms with van der Waals surface area (Å²) >= 11 is 7.37. The van der Waals surface area contributed by atoms with E-state index in [4.69, 9.17) is 11.6 Å². The lowest BCUT2D eigenvalue weighted by Crippen LogP contribution is -2.35. The van der Waals surface area contributed by atoms with Gasteiger partial charge in [-0.2, -0.15) is 0 Å². The number of benzene rings is 1. The standard InChI is InChI=1S/C15H18ClN3O3S2/c1-9-10(16)4-3-5-11(9)17-14(20)6-23-15-18-12-7-24(21,22)8-13(12)19(15)2/h3-5,12-13H,6-8H2,1-2H3,(H,17,20)/t12-,13-/m1/s1. The number of rotatable bonds is 3. The van der Waals surface area contributed by atoms with Crippen LogP contribution in [0, 0.1) is 6.92 Å². The highest BCUT2D eigenvalue weighted by molar-refractivity contribution is 8.14. The second-order valence-electron chi connectivity index (χ2n) is 5.98. The van der Waals surface area contributed by atoms with E-state index in [1.807, 2.05) is 18.9 Å². The molecule has 0 radical (unpaired) electrons. The predicted octanol–water partition coefficient (Wildman–Crippen LogP) is 1.79. The summed E-state index contributed by atoms with van der Waals surface area (Å²) in [6.45, 7) is 1.85. The number of nitrogens with one attached hydrogen (secondary N) is 1. The second-order valence-corrected chi connectivity index (χ2v) is 9.49. The smallest absolute Gasteiger partial charge is 0.234 e. The quantitative estimate of drug-likeness (QED) is 0.855. The average molecular weight is 388 g/mol. The van der Waals surface area contributed by atoms with Crippen LogP contribution in [0.15, 0.2) is 23.2 Å². The fraction of sp³-hybridized carbons (Fsp3) is 0.467. The van der Waals surface area contributed by atoms with Gasteiger partial charge in [-0.15, -0.1) is 0 Å².